The zero-order valence-corrected chi connectivity index (χ0v) is 11.3. The Labute approximate surface area is 94.5 Å². The van der Waals surface area contributed by atoms with Crippen LogP contribution in [-0.4, -0.2) is 0 Å². The van der Waals surface area contributed by atoms with Crippen LogP contribution in [0.4, 0.5) is 0 Å². The zero-order chi connectivity index (χ0) is 11.6. The molecule has 0 aromatic heterocycles. The summed E-state index contributed by atoms with van der Waals surface area (Å²) < 4.78 is 0. The molecular formula is C15H24. The van der Waals surface area contributed by atoms with E-state index in [0.717, 1.165) is 5.92 Å². The van der Waals surface area contributed by atoms with Gasteiger partial charge in [-0.1, -0.05) is 31.9 Å². The first-order valence-corrected chi connectivity index (χ1v) is 6.09. The van der Waals surface area contributed by atoms with Crippen molar-refractivity contribution in [2.24, 2.45) is 16.7 Å². The maximum atomic E-state index is 2.46. The van der Waals surface area contributed by atoms with Crippen molar-refractivity contribution < 1.29 is 0 Å². The van der Waals surface area contributed by atoms with Crippen molar-refractivity contribution >= 4 is 0 Å². The smallest absolute Gasteiger partial charge is 0.00101 e. The van der Waals surface area contributed by atoms with Crippen LogP contribution in [0.1, 0.15) is 54.9 Å². The van der Waals surface area contributed by atoms with Crippen LogP contribution in [0.3, 0.4) is 0 Å². The number of allylic oxidation sites excluding steroid dienone is 4. The number of rotatable bonds is 0. The van der Waals surface area contributed by atoms with Gasteiger partial charge in [-0.3, -0.25) is 0 Å². The molecule has 0 aromatic carbocycles. The Morgan fingerprint density at radius 1 is 1.00 bits per heavy atom. The molecule has 3 fully saturated rings. The van der Waals surface area contributed by atoms with Gasteiger partial charge in [0.15, 0.2) is 0 Å². The molecule has 3 rings (SSSR count). The molecule has 15 heavy (non-hydrogen) atoms. The Morgan fingerprint density at radius 3 is 1.80 bits per heavy atom. The van der Waals surface area contributed by atoms with Gasteiger partial charge in [0.25, 0.3) is 0 Å². The Bertz CT molecular complexity index is 371. The van der Waals surface area contributed by atoms with Crippen LogP contribution in [0, 0.1) is 16.7 Å². The summed E-state index contributed by atoms with van der Waals surface area (Å²) in [5, 5.41) is 0. The van der Waals surface area contributed by atoms with Crippen LogP contribution >= 0.6 is 0 Å². The van der Waals surface area contributed by atoms with Gasteiger partial charge in [-0.2, -0.15) is 0 Å². The quantitative estimate of drug-likeness (QED) is 0.535. The first-order valence-electron chi connectivity index (χ1n) is 6.09. The maximum absolute atomic E-state index is 2.46. The molecule has 3 aliphatic rings. The number of hydrogen-bond acceptors (Lipinski definition) is 0. The molecule has 84 valence electrons. The average molecular weight is 204 g/mol. The molecule has 0 heteroatoms. The van der Waals surface area contributed by atoms with Crippen LogP contribution in [0.25, 0.3) is 0 Å². The minimum absolute atomic E-state index is 0.448. The van der Waals surface area contributed by atoms with Gasteiger partial charge in [0.2, 0.25) is 0 Å². The predicted octanol–water partition coefficient (Wildman–Crippen LogP) is 4.73. The van der Waals surface area contributed by atoms with Gasteiger partial charge in [-0.15, -0.1) is 0 Å². The van der Waals surface area contributed by atoms with E-state index < -0.39 is 0 Å². The summed E-state index contributed by atoms with van der Waals surface area (Å²) >= 11 is 0. The molecule has 0 amide bonds. The SMILES string of the molecule is CC(C)=C1C(=C(C)C)C2(C)CC1C2(C)C. The molecule has 0 aromatic rings. The van der Waals surface area contributed by atoms with Crippen LogP contribution in [0.5, 0.6) is 0 Å². The monoisotopic (exact) mass is 204 g/mol. The summed E-state index contributed by atoms with van der Waals surface area (Å²) in [6.07, 6.45) is 1.38. The highest BCUT2D eigenvalue weighted by atomic mass is 14.7. The molecule has 0 radical (unpaired) electrons. The molecule has 2 unspecified atom stereocenters. The molecule has 3 saturated carbocycles. The maximum Gasteiger partial charge on any atom is -0.00101 e. The molecule has 0 nitrogen and oxygen atoms in total. The molecule has 0 N–H and O–H groups in total. The Balaban J connectivity index is 2.67. The van der Waals surface area contributed by atoms with Crippen molar-refractivity contribution in [3.63, 3.8) is 0 Å². The molecule has 0 aliphatic heterocycles. The molecule has 2 atom stereocenters. The van der Waals surface area contributed by atoms with Crippen molar-refractivity contribution in [2.75, 3.05) is 0 Å². The lowest BCUT2D eigenvalue weighted by Crippen LogP contribution is -2.46. The van der Waals surface area contributed by atoms with Crippen molar-refractivity contribution in [2.45, 2.75) is 54.9 Å². The lowest BCUT2D eigenvalue weighted by atomic mass is 9.51. The summed E-state index contributed by atoms with van der Waals surface area (Å²) in [5.41, 5.74) is 7.35. The highest BCUT2D eigenvalue weighted by Crippen LogP contribution is 2.75. The highest BCUT2D eigenvalue weighted by Gasteiger charge is 2.66. The fraction of sp³-hybridized carbons (Fsp3) is 0.733. The fourth-order valence-electron chi connectivity index (χ4n) is 3.96. The van der Waals surface area contributed by atoms with E-state index in [9.17, 15) is 0 Å². The summed E-state index contributed by atoms with van der Waals surface area (Å²) in [4.78, 5) is 0. The second kappa shape index (κ2) is 2.78. The third-order valence-corrected chi connectivity index (χ3v) is 5.11. The van der Waals surface area contributed by atoms with Crippen LogP contribution in [0.2, 0.25) is 0 Å². The second-order valence-electron chi connectivity index (χ2n) is 6.60. The van der Waals surface area contributed by atoms with E-state index in [4.69, 9.17) is 0 Å². The fourth-order valence-corrected chi connectivity index (χ4v) is 3.96. The topological polar surface area (TPSA) is 0 Å². The second-order valence-corrected chi connectivity index (χ2v) is 6.60. The van der Waals surface area contributed by atoms with E-state index in [2.05, 4.69) is 48.5 Å². The van der Waals surface area contributed by atoms with E-state index in [1.54, 1.807) is 11.1 Å². The molecular weight excluding hydrogens is 180 g/mol. The standard InChI is InChI=1S/C15H24/c1-9(2)12-11-8-15(7,14(11,5)6)13(12)10(3)4/h11H,8H2,1-7H3. The van der Waals surface area contributed by atoms with Gasteiger partial charge >= 0.3 is 0 Å². The van der Waals surface area contributed by atoms with Crippen molar-refractivity contribution in [1.29, 1.82) is 0 Å². The van der Waals surface area contributed by atoms with E-state index in [0.29, 0.717) is 10.8 Å². The molecule has 2 bridgehead atoms. The van der Waals surface area contributed by atoms with Crippen molar-refractivity contribution in [3.05, 3.63) is 22.3 Å². The highest BCUT2D eigenvalue weighted by molar-refractivity contribution is 5.56. The summed E-state index contributed by atoms with van der Waals surface area (Å²) in [5.74, 6) is 0.817. The zero-order valence-electron chi connectivity index (χ0n) is 11.3. The van der Waals surface area contributed by atoms with Crippen LogP contribution in [0.15, 0.2) is 22.3 Å². The third-order valence-electron chi connectivity index (χ3n) is 5.11. The molecule has 0 spiro atoms. The van der Waals surface area contributed by atoms with Crippen molar-refractivity contribution in [1.82, 2.24) is 0 Å². The predicted molar refractivity (Wildman–Crippen MR) is 66.7 cm³/mol. The normalized spacial score (nSPS) is 36.6. The Kier molecular flexibility index (Phi) is 2.04. The largest absolute Gasteiger partial charge is 0.0726 e. The third kappa shape index (κ3) is 1.03. The van der Waals surface area contributed by atoms with Crippen molar-refractivity contribution in [3.8, 4) is 0 Å². The molecule has 0 heterocycles. The average Bonchev–Trinajstić information content (AvgIpc) is 2.49. The molecule has 3 aliphatic carbocycles. The van der Waals surface area contributed by atoms with Gasteiger partial charge in [0.05, 0.1) is 0 Å². The van der Waals surface area contributed by atoms with Gasteiger partial charge in [-0.25, -0.2) is 0 Å². The minimum atomic E-state index is 0.448. The first-order chi connectivity index (χ1) is 6.73. The van der Waals surface area contributed by atoms with E-state index in [1.165, 1.54) is 17.6 Å². The van der Waals surface area contributed by atoms with Crippen LogP contribution < -0.4 is 0 Å². The lowest BCUT2D eigenvalue weighted by molar-refractivity contribution is -0.0160. The lowest BCUT2D eigenvalue weighted by Gasteiger charge is -2.53. The Morgan fingerprint density at radius 2 is 1.53 bits per heavy atom. The van der Waals surface area contributed by atoms with E-state index in [1.807, 2.05) is 0 Å². The Hall–Kier alpha value is -0.520. The van der Waals surface area contributed by atoms with Gasteiger partial charge < -0.3 is 0 Å². The van der Waals surface area contributed by atoms with Gasteiger partial charge in [-0.05, 0) is 62.0 Å². The minimum Gasteiger partial charge on any atom is -0.0726 e. The number of hydrogen-bond donors (Lipinski definition) is 0. The summed E-state index contributed by atoms with van der Waals surface area (Å²) in [6, 6.07) is 0. The molecule has 0 saturated heterocycles. The van der Waals surface area contributed by atoms with E-state index >= 15 is 0 Å². The van der Waals surface area contributed by atoms with Gasteiger partial charge in [0.1, 0.15) is 0 Å². The first kappa shape index (κ1) is 11.0. The van der Waals surface area contributed by atoms with Gasteiger partial charge in [0, 0.05) is 0 Å². The summed E-state index contributed by atoms with van der Waals surface area (Å²) in [7, 11) is 0. The summed E-state index contributed by atoms with van der Waals surface area (Å²) in [6.45, 7) is 16.5. The van der Waals surface area contributed by atoms with E-state index in [-0.39, 0.29) is 0 Å². The van der Waals surface area contributed by atoms with Crippen LogP contribution in [-0.2, 0) is 0 Å². The number of fused-ring (bicyclic) bond motifs is 1.